The molecule has 0 aliphatic rings. The van der Waals surface area contributed by atoms with Crippen LogP contribution >= 0.6 is 0 Å². The molecule has 0 radical (unpaired) electrons. The highest BCUT2D eigenvalue weighted by Crippen LogP contribution is 2.12. The number of hydrogen-bond donors (Lipinski definition) is 4. The third-order valence-corrected chi connectivity index (χ3v) is 4.49. The number of nitrogens with zero attached hydrogens (tertiary/aromatic N) is 2. The Morgan fingerprint density at radius 1 is 1.14 bits per heavy atom. The molecule has 0 saturated heterocycles. The van der Waals surface area contributed by atoms with Gasteiger partial charge in [0.2, 0.25) is 0 Å². The lowest BCUT2D eigenvalue weighted by molar-refractivity contribution is 0.573. The zero-order valence-corrected chi connectivity index (χ0v) is 12.9. The molecule has 0 aliphatic heterocycles. The smallest absolute Gasteiger partial charge is 0.258 e. The second-order valence-corrected chi connectivity index (χ2v) is 6.45. The van der Waals surface area contributed by atoms with Crippen LogP contribution in [0.4, 0.5) is 0 Å². The average Bonchev–Trinajstić information content (AvgIpc) is 3.06. The molecule has 2 aromatic heterocycles. The van der Waals surface area contributed by atoms with Gasteiger partial charge in [0, 0.05) is 29.9 Å². The van der Waals surface area contributed by atoms with Crippen molar-refractivity contribution in [2.45, 2.75) is 38.4 Å². The second-order valence-electron chi connectivity index (χ2n) is 4.75. The van der Waals surface area contributed by atoms with Gasteiger partial charge < -0.3 is 5.32 Å². The maximum atomic E-state index is 12.3. The number of rotatable bonds is 8. The van der Waals surface area contributed by atoms with E-state index in [0.717, 1.165) is 24.2 Å². The Morgan fingerprint density at radius 3 is 2.52 bits per heavy atom. The van der Waals surface area contributed by atoms with Crippen molar-refractivity contribution in [2.24, 2.45) is 0 Å². The van der Waals surface area contributed by atoms with E-state index in [0.29, 0.717) is 12.1 Å². The van der Waals surface area contributed by atoms with E-state index in [2.05, 4.69) is 37.4 Å². The van der Waals surface area contributed by atoms with E-state index >= 15 is 0 Å². The molecule has 116 valence electrons. The van der Waals surface area contributed by atoms with E-state index in [1.165, 1.54) is 6.20 Å². The van der Waals surface area contributed by atoms with Gasteiger partial charge >= 0.3 is 0 Å². The first-order valence-electron chi connectivity index (χ1n) is 6.76. The molecular formula is C12H20N6O2S. The third-order valence-electron chi connectivity index (χ3n) is 3.08. The summed E-state index contributed by atoms with van der Waals surface area (Å²) < 4.78 is 27.2. The summed E-state index contributed by atoms with van der Waals surface area (Å²) in [4.78, 5) is 0. The van der Waals surface area contributed by atoms with Gasteiger partial charge in [-0.15, -0.1) is 0 Å². The molecule has 0 atom stereocenters. The Bertz CT molecular complexity index is 675. The monoisotopic (exact) mass is 312 g/mol. The van der Waals surface area contributed by atoms with Crippen LogP contribution in [-0.4, -0.2) is 35.4 Å². The summed E-state index contributed by atoms with van der Waals surface area (Å²) in [5.74, 6) is 0. The molecular weight excluding hydrogens is 292 g/mol. The van der Waals surface area contributed by atoms with Gasteiger partial charge in [0.25, 0.3) is 10.0 Å². The topological polar surface area (TPSA) is 116 Å². The zero-order valence-electron chi connectivity index (χ0n) is 12.1. The molecule has 0 bridgehead atoms. The van der Waals surface area contributed by atoms with E-state index in [1.54, 1.807) is 6.20 Å². The van der Waals surface area contributed by atoms with Gasteiger partial charge in [-0.25, -0.2) is 13.1 Å². The summed E-state index contributed by atoms with van der Waals surface area (Å²) >= 11 is 0. The van der Waals surface area contributed by atoms with Crippen molar-refractivity contribution in [3.63, 3.8) is 0 Å². The van der Waals surface area contributed by atoms with Crippen LogP contribution in [0.3, 0.4) is 0 Å². The fraction of sp³-hybridized carbons (Fsp3) is 0.500. The Morgan fingerprint density at radius 2 is 1.86 bits per heavy atom. The van der Waals surface area contributed by atoms with E-state index in [1.807, 2.05) is 6.92 Å². The van der Waals surface area contributed by atoms with Crippen molar-refractivity contribution in [1.29, 1.82) is 0 Å². The number of aryl methyl sites for hydroxylation is 1. The highest BCUT2D eigenvalue weighted by molar-refractivity contribution is 7.89. The standard InChI is InChI=1S/C12H20N6O2S/c1-3-4-13-5-11-7-15-18-12(11)21(19,20)16-8-10-6-14-17-9(10)2/h6-7,13,16H,3-5,8H2,1-2H3,(H,14,17)(H,15,18). The first kappa shape index (κ1) is 15.7. The Labute approximate surface area is 123 Å². The lowest BCUT2D eigenvalue weighted by atomic mass is 10.3. The Hall–Kier alpha value is -1.71. The lowest BCUT2D eigenvalue weighted by Gasteiger charge is -2.07. The van der Waals surface area contributed by atoms with E-state index in [-0.39, 0.29) is 11.6 Å². The van der Waals surface area contributed by atoms with Crippen molar-refractivity contribution in [2.75, 3.05) is 6.54 Å². The van der Waals surface area contributed by atoms with Crippen molar-refractivity contribution in [1.82, 2.24) is 30.4 Å². The van der Waals surface area contributed by atoms with Gasteiger partial charge in [-0.1, -0.05) is 6.92 Å². The first-order chi connectivity index (χ1) is 10.0. The average molecular weight is 312 g/mol. The van der Waals surface area contributed by atoms with E-state index in [4.69, 9.17) is 0 Å². The number of sulfonamides is 1. The number of aromatic amines is 2. The number of aromatic nitrogens is 4. The molecule has 0 amide bonds. The van der Waals surface area contributed by atoms with Crippen LogP contribution in [0.2, 0.25) is 0 Å². The number of nitrogens with one attached hydrogen (secondary N) is 4. The van der Waals surface area contributed by atoms with Crippen molar-refractivity contribution in [3.05, 3.63) is 29.2 Å². The molecule has 0 unspecified atom stereocenters. The summed E-state index contributed by atoms with van der Waals surface area (Å²) in [6.45, 7) is 5.37. The molecule has 0 aromatic carbocycles. The van der Waals surface area contributed by atoms with Crippen LogP contribution in [-0.2, 0) is 23.1 Å². The van der Waals surface area contributed by atoms with Crippen LogP contribution in [0.25, 0.3) is 0 Å². The fourth-order valence-corrected chi connectivity index (χ4v) is 2.99. The van der Waals surface area contributed by atoms with Crippen molar-refractivity contribution >= 4 is 10.0 Å². The molecule has 21 heavy (non-hydrogen) atoms. The Balaban J connectivity index is 2.05. The third kappa shape index (κ3) is 3.90. The molecule has 0 aliphatic carbocycles. The second kappa shape index (κ2) is 6.83. The van der Waals surface area contributed by atoms with Gasteiger partial charge in [0.05, 0.1) is 12.4 Å². The maximum Gasteiger partial charge on any atom is 0.258 e. The zero-order chi connectivity index (χ0) is 15.3. The van der Waals surface area contributed by atoms with Crippen LogP contribution < -0.4 is 10.0 Å². The van der Waals surface area contributed by atoms with Crippen LogP contribution in [0.15, 0.2) is 17.4 Å². The van der Waals surface area contributed by atoms with Gasteiger partial charge in [0.1, 0.15) is 0 Å². The summed E-state index contributed by atoms with van der Waals surface area (Å²) in [6, 6.07) is 0. The number of H-pyrrole nitrogens is 2. The first-order valence-corrected chi connectivity index (χ1v) is 8.24. The van der Waals surface area contributed by atoms with Crippen LogP contribution in [0.5, 0.6) is 0 Å². The fourth-order valence-electron chi connectivity index (χ4n) is 1.86. The highest BCUT2D eigenvalue weighted by Gasteiger charge is 2.20. The summed E-state index contributed by atoms with van der Waals surface area (Å²) in [7, 11) is -3.63. The van der Waals surface area contributed by atoms with Gasteiger partial charge in [-0.3, -0.25) is 10.2 Å². The quantitative estimate of drug-likeness (QED) is 0.527. The summed E-state index contributed by atoms with van der Waals surface area (Å²) in [5.41, 5.74) is 2.27. The molecule has 2 rings (SSSR count). The highest BCUT2D eigenvalue weighted by atomic mass is 32.2. The minimum Gasteiger partial charge on any atom is -0.313 e. The predicted molar refractivity (Wildman–Crippen MR) is 77.9 cm³/mol. The van der Waals surface area contributed by atoms with Gasteiger partial charge in [-0.2, -0.15) is 10.2 Å². The molecule has 0 fully saturated rings. The molecule has 4 N–H and O–H groups in total. The van der Waals surface area contributed by atoms with E-state index < -0.39 is 10.0 Å². The lowest BCUT2D eigenvalue weighted by Crippen LogP contribution is -2.25. The van der Waals surface area contributed by atoms with Crippen LogP contribution in [0.1, 0.15) is 30.2 Å². The Kier molecular flexibility index (Phi) is 5.10. The van der Waals surface area contributed by atoms with Gasteiger partial charge in [0.15, 0.2) is 5.03 Å². The van der Waals surface area contributed by atoms with Gasteiger partial charge in [-0.05, 0) is 19.9 Å². The SMILES string of the molecule is CCCNCc1cn[nH]c1S(=O)(=O)NCc1cn[nH]c1C. The molecule has 8 nitrogen and oxygen atoms in total. The maximum absolute atomic E-state index is 12.3. The number of hydrogen-bond acceptors (Lipinski definition) is 5. The summed E-state index contributed by atoms with van der Waals surface area (Å²) in [6.07, 6.45) is 4.12. The van der Waals surface area contributed by atoms with E-state index in [9.17, 15) is 8.42 Å². The largest absolute Gasteiger partial charge is 0.313 e. The predicted octanol–water partition coefficient (Wildman–Crippen LogP) is 0.419. The van der Waals surface area contributed by atoms with Crippen molar-refractivity contribution in [3.8, 4) is 0 Å². The molecule has 2 aromatic rings. The van der Waals surface area contributed by atoms with Crippen molar-refractivity contribution < 1.29 is 8.42 Å². The van der Waals surface area contributed by atoms with Crippen LogP contribution in [0, 0.1) is 6.92 Å². The molecule has 2 heterocycles. The normalized spacial score (nSPS) is 11.9. The molecule has 0 saturated carbocycles. The minimum absolute atomic E-state index is 0.104. The molecule has 9 heteroatoms. The minimum atomic E-state index is -3.63. The summed E-state index contributed by atoms with van der Waals surface area (Å²) in [5, 5.41) is 16.3. The molecule has 0 spiro atoms.